The molecule has 19 heavy (non-hydrogen) atoms. The number of guanidine groups is 1. The summed E-state index contributed by atoms with van der Waals surface area (Å²) < 4.78 is 5.49. The maximum atomic E-state index is 6.02. The maximum absolute atomic E-state index is 6.02. The van der Waals surface area contributed by atoms with Crippen LogP contribution in [-0.4, -0.2) is 67.2 Å². The SMILES string of the molecule is CCN(CCN=C(N)N1CCOC(C)C1)C(C)C.I. The Morgan fingerprint density at radius 2 is 2.21 bits per heavy atom. The van der Waals surface area contributed by atoms with Crippen molar-refractivity contribution in [1.29, 1.82) is 0 Å². The van der Waals surface area contributed by atoms with Gasteiger partial charge in [-0.05, 0) is 27.3 Å². The summed E-state index contributed by atoms with van der Waals surface area (Å²) in [4.78, 5) is 8.97. The third-order valence-corrected chi connectivity index (χ3v) is 3.36. The van der Waals surface area contributed by atoms with Crippen molar-refractivity contribution in [3.63, 3.8) is 0 Å². The number of ether oxygens (including phenoxy) is 1. The molecule has 0 radical (unpaired) electrons. The highest BCUT2D eigenvalue weighted by atomic mass is 127. The summed E-state index contributed by atoms with van der Waals surface area (Å²) in [6, 6.07) is 0.565. The molecule has 2 N–H and O–H groups in total. The summed E-state index contributed by atoms with van der Waals surface area (Å²) in [5.41, 5.74) is 6.02. The summed E-state index contributed by atoms with van der Waals surface area (Å²) in [5, 5.41) is 0. The Kier molecular flexibility index (Phi) is 9.72. The molecule has 1 atom stereocenters. The van der Waals surface area contributed by atoms with E-state index < -0.39 is 0 Å². The third-order valence-electron chi connectivity index (χ3n) is 3.36. The predicted octanol–water partition coefficient (Wildman–Crippen LogP) is 1.37. The Balaban J connectivity index is 0.00000324. The standard InChI is InChI=1S/C13H28N4O.HI/c1-5-16(11(2)3)7-6-15-13(14)17-8-9-18-12(4)10-17;/h11-12H,5-10H2,1-4H3,(H2,14,15);1H. The zero-order valence-electron chi connectivity index (χ0n) is 12.6. The Bertz CT molecular complexity index is 273. The second kappa shape index (κ2) is 9.77. The van der Waals surface area contributed by atoms with Gasteiger partial charge >= 0.3 is 0 Å². The Labute approximate surface area is 134 Å². The van der Waals surface area contributed by atoms with Gasteiger partial charge in [0.2, 0.25) is 0 Å². The molecule has 1 aliphatic rings. The molecule has 0 aromatic carbocycles. The average molecular weight is 384 g/mol. The van der Waals surface area contributed by atoms with E-state index in [1.807, 2.05) is 0 Å². The molecule has 0 aromatic rings. The quantitative estimate of drug-likeness (QED) is 0.442. The van der Waals surface area contributed by atoms with Gasteiger partial charge in [0, 0.05) is 25.7 Å². The first kappa shape index (κ1) is 18.9. The maximum Gasteiger partial charge on any atom is 0.191 e. The summed E-state index contributed by atoms with van der Waals surface area (Å²) in [6.07, 6.45) is 0.246. The number of hydrogen-bond acceptors (Lipinski definition) is 3. The lowest BCUT2D eigenvalue weighted by Gasteiger charge is -2.32. The normalized spacial score (nSPS) is 20.8. The first-order valence-electron chi connectivity index (χ1n) is 6.95. The highest BCUT2D eigenvalue weighted by Gasteiger charge is 2.17. The molecule has 5 nitrogen and oxygen atoms in total. The van der Waals surface area contributed by atoms with Crippen molar-refractivity contribution in [3.05, 3.63) is 0 Å². The van der Waals surface area contributed by atoms with E-state index in [0.29, 0.717) is 12.0 Å². The predicted molar refractivity (Wildman–Crippen MR) is 91.3 cm³/mol. The molecule has 6 heteroatoms. The van der Waals surface area contributed by atoms with E-state index in [9.17, 15) is 0 Å². The van der Waals surface area contributed by atoms with Crippen molar-refractivity contribution in [1.82, 2.24) is 9.80 Å². The van der Waals surface area contributed by atoms with Gasteiger partial charge in [-0.3, -0.25) is 9.89 Å². The minimum Gasteiger partial charge on any atom is -0.375 e. The fourth-order valence-electron chi connectivity index (χ4n) is 2.20. The van der Waals surface area contributed by atoms with Crippen LogP contribution >= 0.6 is 24.0 Å². The van der Waals surface area contributed by atoms with Crippen LogP contribution in [0.25, 0.3) is 0 Å². The van der Waals surface area contributed by atoms with E-state index in [1.165, 1.54) is 0 Å². The number of morpholine rings is 1. The molecule has 114 valence electrons. The van der Waals surface area contributed by atoms with Crippen LogP contribution in [0.4, 0.5) is 0 Å². The summed E-state index contributed by atoms with van der Waals surface area (Å²) in [5.74, 6) is 0.657. The van der Waals surface area contributed by atoms with E-state index in [2.05, 4.69) is 42.5 Å². The molecule has 1 rings (SSSR count). The van der Waals surface area contributed by atoms with E-state index in [1.54, 1.807) is 0 Å². The number of nitrogens with zero attached hydrogens (tertiary/aromatic N) is 3. The lowest BCUT2D eigenvalue weighted by atomic mass is 10.3. The number of nitrogens with two attached hydrogens (primary N) is 1. The van der Waals surface area contributed by atoms with Gasteiger partial charge in [-0.1, -0.05) is 6.92 Å². The van der Waals surface area contributed by atoms with Crippen molar-refractivity contribution >= 4 is 29.9 Å². The number of aliphatic imine (C=N–C) groups is 1. The fourth-order valence-corrected chi connectivity index (χ4v) is 2.20. The minimum atomic E-state index is 0. The Hall–Kier alpha value is -0.0800. The van der Waals surface area contributed by atoms with Gasteiger partial charge in [0.15, 0.2) is 5.96 Å². The van der Waals surface area contributed by atoms with Gasteiger partial charge in [0.1, 0.15) is 0 Å². The monoisotopic (exact) mass is 384 g/mol. The molecule has 1 unspecified atom stereocenters. The fraction of sp³-hybridized carbons (Fsp3) is 0.923. The van der Waals surface area contributed by atoms with Gasteiger partial charge in [-0.2, -0.15) is 0 Å². The Morgan fingerprint density at radius 1 is 1.53 bits per heavy atom. The van der Waals surface area contributed by atoms with Gasteiger partial charge in [0.05, 0.1) is 19.3 Å². The second-order valence-electron chi connectivity index (χ2n) is 5.09. The van der Waals surface area contributed by atoms with Gasteiger partial charge < -0.3 is 15.4 Å². The molecule has 1 heterocycles. The molecule has 0 spiro atoms. The third kappa shape index (κ3) is 6.76. The van der Waals surface area contributed by atoms with Gasteiger partial charge in [-0.15, -0.1) is 24.0 Å². The molecule has 0 saturated carbocycles. The number of likely N-dealkylation sites (N-methyl/N-ethyl adjacent to an activating group) is 1. The molecule has 0 aromatic heterocycles. The number of halogens is 1. The van der Waals surface area contributed by atoms with Crippen molar-refractivity contribution < 1.29 is 4.74 Å². The van der Waals surface area contributed by atoms with Gasteiger partial charge in [-0.25, -0.2) is 0 Å². The van der Waals surface area contributed by atoms with Gasteiger partial charge in [0.25, 0.3) is 0 Å². The smallest absolute Gasteiger partial charge is 0.191 e. The van der Waals surface area contributed by atoms with Crippen LogP contribution in [0.2, 0.25) is 0 Å². The lowest BCUT2D eigenvalue weighted by Crippen LogP contribution is -2.48. The topological polar surface area (TPSA) is 54.1 Å². The van der Waals surface area contributed by atoms with Crippen LogP contribution in [0.15, 0.2) is 4.99 Å². The Morgan fingerprint density at radius 3 is 2.74 bits per heavy atom. The molecular formula is C13H29IN4O. The van der Waals surface area contributed by atoms with E-state index in [4.69, 9.17) is 10.5 Å². The van der Waals surface area contributed by atoms with Crippen LogP contribution in [0.5, 0.6) is 0 Å². The van der Waals surface area contributed by atoms with Crippen molar-refractivity contribution in [2.24, 2.45) is 10.7 Å². The highest BCUT2D eigenvalue weighted by Crippen LogP contribution is 2.03. The number of rotatable bonds is 5. The van der Waals surface area contributed by atoms with E-state index in [-0.39, 0.29) is 30.1 Å². The first-order valence-corrected chi connectivity index (χ1v) is 6.95. The van der Waals surface area contributed by atoms with Crippen LogP contribution in [0, 0.1) is 0 Å². The second-order valence-corrected chi connectivity index (χ2v) is 5.09. The van der Waals surface area contributed by atoms with Crippen molar-refractivity contribution in [2.75, 3.05) is 39.3 Å². The number of hydrogen-bond donors (Lipinski definition) is 1. The van der Waals surface area contributed by atoms with Crippen LogP contribution in [-0.2, 0) is 4.74 Å². The summed E-state index contributed by atoms with van der Waals surface area (Å²) >= 11 is 0. The molecule has 1 aliphatic heterocycles. The molecular weight excluding hydrogens is 355 g/mol. The summed E-state index contributed by atoms with van der Waals surface area (Å²) in [6.45, 7) is 13.9. The van der Waals surface area contributed by atoms with E-state index in [0.717, 1.165) is 39.3 Å². The minimum absolute atomic E-state index is 0. The molecule has 0 bridgehead atoms. The zero-order valence-corrected chi connectivity index (χ0v) is 15.0. The molecule has 0 aliphatic carbocycles. The average Bonchev–Trinajstić information content (AvgIpc) is 2.34. The molecule has 1 saturated heterocycles. The summed E-state index contributed by atoms with van der Waals surface area (Å²) in [7, 11) is 0. The van der Waals surface area contributed by atoms with Crippen molar-refractivity contribution in [2.45, 2.75) is 39.8 Å². The first-order chi connectivity index (χ1) is 8.54. The van der Waals surface area contributed by atoms with Crippen molar-refractivity contribution in [3.8, 4) is 0 Å². The highest BCUT2D eigenvalue weighted by molar-refractivity contribution is 14.0. The van der Waals surface area contributed by atoms with Crippen LogP contribution in [0.1, 0.15) is 27.7 Å². The zero-order chi connectivity index (χ0) is 13.5. The van der Waals surface area contributed by atoms with Crippen LogP contribution < -0.4 is 5.73 Å². The van der Waals surface area contributed by atoms with E-state index >= 15 is 0 Å². The lowest BCUT2D eigenvalue weighted by molar-refractivity contribution is 0.00528. The molecule has 1 fully saturated rings. The van der Waals surface area contributed by atoms with Crippen LogP contribution in [0.3, 0.4) is 0 Å². The molecule has 0 amide bonds. The largest absolute Gasteiger partial charge is 0.375 e.